The molecule has 24 heavy (non-hydrogen) atoms. The number of nitrogens with one attached hydrogen (secondary N) is 2. The summed E-state index contributed by atoms with van der Waals surface area (Å²) in [6, 6.07) is 20.1. The number of hydrogen-bond donors (Lipinski definition) is 2. The van der Waals surface area contributed by atoms with Gasteiger partial charge in [-0.2, -0.15) is 0 Å². The van der Waals surface area contributed by atoms with Crippen molar-refractivity contribution in [2.75, 3.05) is 17.7 Å². The fourth-order valence-electron chi connectivity index (χ4n) is 2.14. The largest absolute Gasteiger partial charge is 0.457 e. The highest BCUT2D eigenvalue weighted by atomic mass is 16.5. The lowest BCUT2D eigenvalue weighted by atomic mass is 10.2. The Morgan fingerprint density at radius 2 is 1.67 bits per heavy atom. The van der Waals surface area contributed by atoms with Gasteiger partial charge < -0.3 is 15.4 Å². The molecule has 1 heterocycles. The average molecular weight is 319 g/mol. The van der Waals surface area contributed by atoms with E-state index in [9.17, 15) is 4.79 Å². The highest BCUT2D eigenvalue weighted by Crippen LogP contribution is 2.23. The zero-order valence-corrected chi connectivity index (χ0v) is 13.2. The Bertz CT molecular complexity index is 818. The predicted octanol–water partition coefficient (Wildman–Crippen LogP) is 4.17. The molecule has 0 aliphatic carbocycles. The molecule has 0 aliphatic heterocycles. The van der Waals surface area contributed by atoms with Crippen LogP contribution in [0.4, 0.5) is 11.5 Å². The third-order valence-corrected chi connectivity index (χ3v) is 3.37. The highest BCUT2D eigenvalue weighted by molar-refractivity contribution is 6.04. The van der Waals surface area contributed by atoms with E-state index in [1.807, 2.05) is 42.5 Å². The standard InChI is InChI=1S/C19H17N3O2/c1-20-18-13-14(11-12-21-18)19(23)22-15-7-9-17(10-8-15)24-16-5-3-2-4-6-16/h2-13H,1H3,(H,20,21)(H,22,23). The van der Waals surface area contributed by atoms with Crippen molar-refractivity contribution < 1.29 is 9.53 Å². The van der Waals surface area contributed by atoms with Crippen molar-refractivity contribution in [2.24, 2.45) is 0 Å². The van der Waals surface area contributed by atoms with Crippen LogP contribution in [0.25, 0.3) is 0 Å². The van der Waals surface area contributed by atoms with Gasteiger partial charge in [0.25, 0.3) is 5.91 Å². The van der Waals surface area contributed by atoms with Gasteiger partial charge in [-0.1, -0.05) is 18.2 Å². The molecule has 0 aliphatic rings. The first-order valence-electron chi connectivity index (χ1n) is 7.53. The molecule has 1 aromatic heterocycles. The zero-order valence-electron chi connectivity index (χ0n) is 13.2. The van der Waals surface area contributed by atoms with E-state index in [-0.39, 0.29) is 5.91 Å². The molecule has 2 aromatic carbocycles. The van der Waals surface area contributed by atoms with Gasteiger partial charge in [0, 0.05) is 24.5 Å². The topological polar surface area (TPSA) is 63.2 Å². The maximum absolute atomic E-state index is 12.3. The molecule has 0 saturated heterocycles. The van der Waals surface area contributed by atoms with Crippen LogP contribution in [0.5, 0.6) is 11.5 Å². The van der Waals surface area contributed by atoms with E-state index in [4.69, 9.17) is 4.74 Å². The van der Waals surface area contributed by atoms with Gasteiger partial charge in [-0.05, 0) is 48.5 Å². The molecular weight excluding hydrogens is 302 g/mol. The van der Waals surface area contributed by atoms with Gasteiger partial charge in [0.15, 0.2) is 0 Å². The number of anilines is 2. The van der Waals surface area contributed by atoms with Crippen LogP contribution in [0.15, 0.2) is 72.9 Å². The molecule has 1 amide bonds. The van der Waals surface area contributed by atoms with Crippen molar-refractivity contribution in [1.82, 2.24) is 4.98 Å². The van der Waals surface area contributed by atoms with Crippen molar-refractivity contribution in [3.63, 3.8) is 0 Å². The summed E-state index contributed by atoms with van der Waals surface area (Å²) in [4.78, 5) is 16.4. The molecule has 0 unspecified atom stereocenters. The Balaban J connectivity index is 1.66. The number of hydrogen-bond acceptors (Lipinski definition) is 4. The van der Waals surface area contributed by atoms with Crippen LogP contribution in [0, 0.1) is 0 Å². The Kier molecular flexibility index (Phi) is 4.72. The third kappa shape index (κ3) is 3.89. The molecule has 5 heteroatoms. The second kappa shape index (κ2) is 7.28. The van der Waals surface area contributed by atoms with E-state index in [1.165, 1.54) is 0 Å². The second-order valence-corrected chi connectivity index (χ2v) is 5.07. The van der Waals surface area contributed by atoms with Crippen molar-refractivity contribution in [2.45, 2.75) is 0 Å². The number of para-hydroxylation sites is 1. The lowest BCUT2D eigenvalue weighted by Crippen LogP contribution is -2.12. The van der Waals surface area contributed by atoms with E-state index in [1.54, 1.807) is 37.5 Å². The summed E-state index contributed by atoms with van der Waals surface area (Å²) >= 11 is 0. The van der Waals surface area contributed by atoms with Crippen LogP contribution in [-0.4, -0.2) is 17.9 Å². The number of pyridine rings is 1. The molecule has 5 nitrogen and oxygen atoms in total. The monoisotopic (exact) mass is 319 g/mol. The molecule has 3 rings (SSSR count). The lowest BCUT2D eigenvalue weighted by Gasteiger charge is -2.08. The Labute approximate surface area is 140 Å². The molecule has 2 N–H and O–H groups in total. The summed E-state index contributed by atoms with van der Waals surface area (Å²) in [5.41, 5.74) is 1.24. The number of carbonyl (C=O) groups is 1. The van der Waals surface area contributed by atoms with E-state index in [0.29, 0.717) is 22.8 Å². The summed E-state index contributed by atoms with van der Waals surface area (Å²) < 4.78 is 5.72. The quantitative estimate of drug-likeness (QED) is 0.741. The number of amides is 1. The SMILES string of the molecule is CNc1cc(C(=O)Nc2ccc(Oc3ccccc3)cc2)ccn1. The third-order valence-electron chi connectivity index (χ3n) is 3.37. The molecule has 3 aromatic rings. The van der Waals surface area contributed by atoms with Crippen molar-refractivity contribution in [3.8, 4) is 11.5 Å². The minimum Gasteiger partial charge on any atom is -0.457 e. The van der Waals surface area contributed by atoms with Gasteiger partial charge in [-0.25, -0.2) is 4.98 Å². The molecule has 0 atom stereocenters. The Morgan fingerprint density at radius 1 is 0.958 bits per heavy atom. The number of carbonyl (C=O) groups excluding carboxylic acids is 1. The fraction of sp³-hybridized carbons (Fsp3) is 0.0526. The number of rotatable bonds is 5. The van der Waals surface area contributed by atoms with Crippen molar-refractivity contribution in [1.29, 1.82) is 0 Å². The van der Waals surface area contributed by atoms with E-state index in [2.05, 4.69) is 15.6 Å². The summed E-state index contributed by atoms with van der Waals surface area (Å²) in [6.45, 7) is 0. The first-order chi connectivity index (χ1) is 11.7. The van der Waals surface area contributed by atoms with Crippen LogP contribution < -0.4 is 15.4 Å². The molecule has 0 fully saturated rings. The van der Waals surface area contributed by atoms with Crippen molar-refractivity contribution in [3.05, 3.63) is 78.5 Å². The van der Waals surface area contributed by atoms with Gasteiger partial charge in [0.05, 0.1) is 0 Å². The summed E-state index contributed by atoms with van der Waals surface area (Å²) in [7, 11) is 1.76. The maximum Gasteiger partial charge on any atom is 0.255 e. The normalized spacial score (nSPS) is 10.0. The smallest absolute Gasteiger partial charge is 0.255 e. The summed E-state index contributed by atoms with van der Waals surface area (Å²) in [5, 5.41) is 5.76. The van der Waals surface area contributed by atoms with Crippen molar-refractivity contribution >= 4 is 17.4 Å². The van der Waals surface area contributed by atoms with Crippen LogP contribution in [0.2, 0.25) is 0 Å². The van der Waals surface area contributed by atoms with Crippen LogP contribution in [0.3, 0.4) is 0 Å². The lowest BCUT2D eigenvalue weighted by molar-refractivity contribution is 0.102. The minimum absolute atomic E-state index is 0.189. The fourth-order valence-corrected chi connectivity index (χ4v) is 2.14. The number of aromatic nitrogens is 1. The molecular formula is C19H17N3O2. The second-order valence-electron chi connectivity index (χ2n) is 5.07. The number of ether oxygens (including phenoxy) is 1. The van der Waals surface area contributed by atoms with Gasteiger partial charge in [-0.15, -0.1) is 0 Å². The van der Waals surface area contributed by atoms with Gasteiger partial charge in [0.2, 0.25) is 0 Å². The first kappa shape index (κ1) is 15.6. The number of nitrogens with zero attached hydrogens (tertiary/aromatic N) is 1. The predicted molar refractivity (Wildman–Crippen MR) is 94.7 cm³/mol. The van der Waals surface area contributed by atoms with E-state index in [0.717, 1.165) is 5.75 Å². The Morgan fingerprint density at radius 3 is 2.38 bits per heavy atom. The number of benzene rings is 2. The first-order valence-corrected chi connectivity index (χ1v) is 7.53. The molecule has 0 bridgehead atoms. The molecule has 120 valence electrons. The van der Waals surface area contributed by atoms with Gasteiger partial charge >= 0.3 is 0 Å². The van der Waals surface area contributed by atoms with Crippen LogP contribution in [-0.2, 0) is 0 Å². The average Bonchev–Trinajstić information content (AvgIpc) is 2.64. The molecule has 0 radical (unpaired) electrons. The molecule has 0 spiro atoms. The maximum atomic E-state index is 12.3. The van der Waals surface area contributed by atoms with Crippen LogP contribution >= 0.6 is 0 Å². The minimum atomic E-state index is -0.189. The van der Waals surface area contributed by atoms with E-state index < -0.39 is 0 Å². The summed E-state index contributed by atoms with van der Waals surface area (Å²) in [6.07, 6.45) is 1.59. The summed E-state index contributed by atoms with van der Waals surface area (Å²) in [5.74, 6) is 1.94. The van der Waals surface area contributed by atoms with Crippen LogP contribution in [0.1, 0.15) is 10.4 Å². The van der Waals surface area contributed by atoms with Gasteiger partial charge in [-0.3, -0.25) is 4.79 Å². The zero-order chi connectivity index (χ0) is 16.8. The molecule has 0 saturated carbocycles. The Hall–Kier alpha value is -3.34. The van der Waals surface area contributed by atoms with E-state index >= 15 is 0 Å². The van der Waals surface area contributed by atoms with Gasteiger partial charge in [0.1, 0.15) is 17.3 Å². The highest BCUT2D eigenvalue weighted by Gasteiger charge is 2.07.